The number of halogens is 7. The van der Waals surface area contributed by atoms with E-state index in [0.29, 0.717) is 0 Å². The monoisotopic (exact) mass is 538 g/mol. The van der Waals surface area contributed by atoms with Crippen molar-refractivity contribution in [2.45, 2.75) is 43.5 Å². The molecule has 0 bridgehead atoms. The van der Waals surface area contributed by atoms with Gasteiger partial charge < -0.3 is 13.7 Å². The van der Waals surface area contributed by atoms with Gasteiger partial charge in [-0.2, -0.15) is 43.2 Å². The van der Waals surface area contributed by atoms with Crippen LogP contribution in [0.25, 0.3) is 0 Å². The molecule has 0 heterocycles. The molecule has 0 saturated carbocycles. The summed E-state index contributed by atoms with van der Waals surface area (Å²) in [6, 6.07) is 1.95. The van der Waals surface area contributed by atoms with Crippen molar-refractivity contribution in [3.05, 3.63) is 28.3 Å². The van der Waals surface area contributed by atoms with E-state index in [0.717, 1.165) is 12.1 Å². The van der Waals surface area contributed by atoms with Crippen LogP contribution in [-0.4, -0.2) is 51.0 Å². The average Bonchev–Trinajstić information content (AvgIpc) is 2.64. The van der Waals surface area contributed by atoms with Gasteiger partial charge in [-0.15, -0.1) is 0 Å². The lowest BCUT2D eigenvalue weighted by atomic mass is 10.1. The predicted molar refractivity (Wildman–Crippen MR) is 98.0 cm³/mol. The molecule has 0 aliphatic heterocycles. The van der Waals surface area contributed by atoms with Crippen molar-refractivity contribution in [3.63, 3.8) is 0 Å². The maximum Gasteiger partial charge on any atom is 0.450 e. The molecular formula is C15H17ClF6O8S2. The highest BCUT2D eigenvalue weighted by Gasteiger charge is 2.83. The average molecular weight is 539 g/mol. The lowest BCUT2D eigenvalue weighted by molar-refractivity contribution is -0.247. The van der Waals surface area contributed by atoms with Crippen LogP contribution in [0.15, 0.2) is 12.1 Å². The Labute approximate surface area is 184 Å². The fraction of sp³-hybridized carbons (Fsp3) is 0.600. The van der Waals surface area contributed by atoms with Crippen LogP contribution in [0.2, 0.25) is 5.02 Å². The predicted octanol–water partition coefficient (Wildman–Crippen LogP) is 3.83. The summed E-state index contributed by atoms with van der Waals surface area (Å²) in [4.78, 5) is 0. The summed E-state index contributed by atoms with van der Waals surface area (Å²) in [7, 11) is -14.2. The largest absolute Gasteiger partial charge is 0.450 e. The zero-order valence-corrected chi connectivity index (χ0v) is 18.6. The van der Waals surface area contributed by atoms with Crippen LogP contribution in [-0.2, 0) is 42.9 Å². The number of ether oxygens (including phenoxy) is 2. The van der Waals surface area contributed by atoms with E-state index >= 15 is 0 Å². The first-order chi connectivity index (χ1) is 14.4. The molecule has 0 amide bonds. The SMILES string of the molecule is CCOCc1cc(Cl)cc(COCC)c1OS(=O)(=O)C(F)(F)C(F)(F)C(F)(F)S(=O)(=O)O. The van der Waals surface area contributed by atoms with E-state index in [1.807, 2.05) is 0 Å². The highest BCUT2D eigenvalue weighted by Crippen LogP contribution is 2.51. The fourth-order valence-electron chi connectivity index (χ4n) is 2.11. The van der Waals surface area contributed by atoms with E-state index in [9.17, 15) is 43.2 Å². The van der Waals surface area contributed by atoms with Gasteiger partial charge in [-0.3, -0.25) is 4.55 Å². The Kier molecular flexibility index (Phi) is 8.87. The normalized spacial score (nSPS) is 13.9. The fourth-order valence-corrected chi connectivity index (χ4v) is 3.87. The molecule has 0 saturated heterocycles. The highest BCUT2D eigenvalue weighted by molar-refractivity contribution is 7.88. The Morgan fingerprint density at radius 2 is 1.28 bits per heavy atom. The summed E-state index contributed by atoms with van der Waals surface area (Å²) in [5, 5.41) is -13.8. The summed E-state index contributed by atoms with van der Waals surface area (Å²) in [5.41, 5.74) is -0.698. The zero-order valence-electron chi connectivity index (χ0n) is 16.3. The number of benzene rings is 1. The van der Waals surface area contributed by atoms with Crippen LogP contribution in [0.5, 0.6) is 5.75 Å². The molecule has 186 valence electrons. The standard InChI is InChI=1S/C15H17ClF6O8S2/c1-3-28-7-9-5-11(16)6-10(8-29-4-2)12(9)30-32(26,27)15(21,22)13(17,18)14(19,20)31(23,24)25/h5-6H,3-4,7-8H2,1-2H3,(H,23,24,25). The molecule has 1 aromatic carbocycles. The van der Waals surface area contributed by atoms with Crippen molar-refractivity contribution in [1.82, 2.24) is 0 Å². The minimum absolute atomic E-state index is 0.0221. The topological polar surface area (TPSA) is 116 Å². The third kappa shape index (κ3) is 5.41. The summed E-state index contributed by atoms with van der Waals surface area (Å²) >= 11 is 5.85. The Morgan fingerprint density at radius 3 is 1.62 bits per heavy atom. The van der Waals surface area contributed by atoms with Crippen molar-refractivity contribution >= 4 is 31.8 Å². The Hall–Kier alpha value is -1.33. The maximum atomic E-state index is 14.1. The second-order valence-corrected chi connectivity index (χ2v) is 9.43. The molecular weight excluding hydrogens is 522 g/mol. The van der Waals surface area contributed by atoms with Crippen LogP contribution in [0.1, 0.15) is 25.0 Å². The molecule has 0 fully saturated rings. The Balaban J connectivity index is 3.63. The smallest absolute Gasteiger partial charge is 0.377 e. The summed E-state index contributed by atoms with van der Waals surface area (Å²) in [6.45, 7) is 1.99. The van der Waals surface area contributed by atoms with Gasteiger partial charge in [-0.25, -0.2) is 0 Å². The van der Waals surface area contributed by atoms with E-state index in [4.69, 9.17) is 25.6 Å². The van der Waals surface area contributed by atoms with E-state index < -0.39 is 55.6 Å². The maximum absolute atomic E-state index is 14.1. The lowest BCUT2D eigenvalue weighted by Gasteiger charge is -2.30. The van der Waals surface area contributed by atoms with Crippen LogP contribution in [0.4, 0.5) is 26.3 Å². The molecule has 0 spiro atoms. The van der Waals surface area contributed by atoms with Gasteiger partial charge in [0.05, 0.1) is 13.2 Å². The van der Waals surface area contributed by atoms with E-state index in [-0.39, 0.29) is 29.4 Å². The van der Waals surface area contributed by atoms with Crippen LogP contribution >= 0.6 is 11.6 Å². The quantitative estimate of drug-likeness (QED) is 0.242. The van der Waals surface area contributed by atoms with Gasteiger partial charge in [0, 0.05) is 29.4 Å². The number of hydrogen-bond acceptors (Lipinski definition) is 7. The summed E-state index contributed by atoms with van der Waals surface area (Å²) in [5.74, 6) is -8.17. The Bertz CT molecular complexity index is 1000. The van der Waals surface area contributed by atoms with E-state index in [2.05, 4.69) is 4.18 Å². The van der Waals surface area contributed by atoms with E-state index in [1.165, 1.54) is 13.8 Å². The van der Waals surface area contributed by atoms with Gasteiger partial charge in [0.2, 0.25) is 0 Å². The molecule has 17 heteroatoms. The number of alkyl halides is 6. The first-order valence-corrected chi connectivity index (χ1v) is 11.6. The molecule has 0 atom stereocenters. The third-order valence-electron chi connectivity index (χ3n) is 3.69. The first-order valence-electron chi connectivity index (χ1n) is 8.38. The second kappa shape index (κ2) is 9.89. The third-order valence-corrected chi connectivity index (χ3v) is 6.09. The van der Waals surface area contributed by atoms with Crippen LogP contribution in [0.3, 0.4) is 0 Å². The minimum atomic E-state index is -7.16. The molecule has 0 unspecified atom stereocenters. The first kappa shape index (κ1) is 28.7. The molecule has 0 aliphatic carbocycles. The Morgan fingerprint density at radius 1 is 0.875 bits per heavy atom. The summed E-state index contributed by atoms with van der Waals surface area (Å²) < 4.78 is 150. The van der Waals surface area contributed by atoms with Crippen molar-refractivity contribution in [1.29, 1.82) is 0 Å². The van der Waals surface area contributed by atoms with Crippen molar-refractivity contribution in [2.75, 3.05) is 13.2 Å². The summed E-state index contributed by atoms with van der Waals surface area (Å²) in [6.07, 6.45) is 0. The lowest BCUT2D eigenvalue weighted by Crippen LogP contribution is -2.61. The number of hydrogen-bond donors (Lipinski definition) is 1. The van der Waals surface area contributed by atoms with Crippen LogP contribution in [0, 0.1) is 0 Å². The molecule has 1 rings (SSSR count). The molecule has 32 heavy (non-hydrogen) atoms. The van der Waals surface area contributed by atoms with Gasteiger partial charge in [0.25, 0.3) is 0 Å². The van der Waals surface area contributed by atoms with Crippen molar-refractivity contribution < 1.29 is 61.4 Å². The van der Waals surface area contributed by atoms with Gasteiger partial charge in [0.15, 0.2) is 5.75 Å². The van der Waals surface area contributed by atoms with Crippen LogP contribution < -0.4 is 4.18 Å². The van der Waals surface area contributed by atoms with Crippen molar-refractivity contribution in [3.8, 4) is 5.75 Å². The molecule has 0 radical (unpaired) electrons. The van der Waals surface area contributed by atoms with Crippen molar-refractivity contribution in [2.24, 2.45) is 0 Å². The second-order valence-electron chi connectivity index (χ2n) is 5.95. The highest BCUT2D eigenvalue weighted by atomic mass is 35.5. The van der Waals surface area contributed by atoms with Gasteiger partial charge in [-0.1, -0.05) is 11.6 Å². The van der Waals surface area contributed by atoms with Gasteiger partial charge in [0.1, 0.15) is 0 Å². The van der Waals surface area contributed by atoms with Gasteiger partial charge >= 0.3 is 36.7 Å². The number of rotatable bonds is 12. The molecule has 0 aromatic heterocycles. The minimum Gasteiger partial charge on any atom is -0.377 e. The molecule has 8 nitrogen and oxygen atoms in total. The van der Waals surface area contributed by atoms with E-state index in [1.54, 1.807) is 0 Å². The van der Waals surface area contributed by atoms with Gasteiger partial charge in [-0.05, 0) is 26.0 Å². The molecule has 1 aromatic rings. The zero-order chi connectivity index (χ0) is 25.2. The molecule has 1 N–H and O–H groups in total. The molecule has 0 aliphatic rings.